The summed E-state index contributed by atoms with van der Waals surface area (Å²) in [5.74, 6) is 0.656. The van der Waals surface area contributed by atoms with E-state index in [1.807, 2.05) is 31.2 Å². The highest BCUT2D eigenvalue weighted by molar-refractivity contribution is 5.80. The number of benzene rings is 2. The zero-order valence-electron chi connectivity index (χ0n) is 14.3. The second-order valence-corrected chi connectivity index (χ2v) is 6.50. The number of aromatic nitrogens is 2. The topological polar surface area (TPSA) is 90.1 Å². The van der Waals surface area contributed by atoms with Gasteiger partial charge < -0.3 is 5.32 Å². The van der Waals surface area contributed by atoms with Crippen molar-refractivity contribution >= 4 is 16.6 Å². The quantitative estimate of drug-likeness (QED) is 0.579. The average Bonchev–Trinajstić information content (AvgIpc) is 3.17. The van der Waals surface area contributed by atoms with Gasteiger partial charge >= 0.3 is 0 Å². The first-order valence-corrected chi connectivity index (χ1v) is 8.57. The first kappa shape index (κ1) is 16.4. The van der Waals surface area contributed by atoms with E-state index in [-0.39, 0.29) is 22.7 Å². The van der Waals surface area contributed by atoms with Gasteiger partial charge in [-0.05, 0) is 44.0 Å². The average molecular weight is 350 g/mol. The maximum absolute atomic E-state index is 13.3. The van der Waals surface area contributed by atoms with Gasteiger partial charge in [0.15, 0.2) is 0 Å². The second-order valence-electron chi connectivity index (χ2n) is 6.50. The van der Waals surface area contributed by atoms with Crippen molar-refractivity contribution in [1.29, 1.82) is 0 Å². The van der Waals surface area contributed by atoms with Crippen LogP contribution in [0, 0.1) is 17.0 Å². The lowest BCUT2D eigenvalue weighted by Gasteiger charge is -2.19. The molecule has 2 heterocycles. The lowest BCUT2D eigenvalue weighted by atomic mass is 10.1. The van der Waals surface area contributed by atoms with Crippen molar-refractivity contribution in [3.63, 3.8) is 0 Å². The summed E-state index contributed by atoms with van der Waals surface area (Å²) in [6.07, 6.45) is 1.92. The molecule has 3 aromatic rings. The molecule has 1 N–H and O–H groups in total. The number of non-ortho nitro benzene ring substituents is 1. The Morgan fingerprint density at radius 2 is 2.08 bits per heavy atom. The van der Waals surface area contributed by atoms with Crippen LogP contribution in [0.5, 0.6) is 0 Å². The molecule has 1 saturated heterocycles. The Kier molecular flexibility index (Phi) is 4.00. The van der Waals surface area contributed by atoms with Crippen LogP contribution in [0.2, 0.25) is 0 Å². The molecule has 1 atom stereocenters. The Bertz CT molecular complexity index is 1070. The minimum absolute atomic E-state index is 0.0121. The number of rotatable bonds is 3. The summed E-state index contributed by atoms with van der Waals surface area (Å²) in [5.41, 5.74) is 1.79. The molecule has 2 aromatic carbocycles. The van der Waals surface area contributed by atoms with E-state index in [0.717, 1.165) is 30.6 Å². The molecule has 0 saturated carbocycles. The van der Waals surface area contributed by atoms with Crippen molar-refractivity contribution in [2.75, 3.05) is 6.54 Å². The molecule has 26 heavy (non-hydrogen) atoms. The van der Waals surface area contributed by atoms with Gasteiger partial charge in [0.2, 0.25) is 0 Å². The van der Waals surface area contributed by atoms with Crippen molar-refractivity contribution in [1.82, 2.24) is 14.9 Å². The van der Waals surface area contributed by atoms with E-state index in [1.165, 1.54) is 12.1 Å². The number of nitrogens with zero attached hydrogens (tertiary/aromatic N) is 3. The van der Waals surface area contributed by atoms with E-state index in [9.17, 15) is 14.9 Å². The van der Waals surface area contributed by atoms with Gasteiger partial charge in [-0.25, -0.2) is 4.98 Å². The summed E-state index contributed by atoms with van der Waals surface area (Å²) in [6, 6.07) is 11.8. The monoisotopic (exact) mass is 350 g/mol. The van der Waals surface area contributed by atoms with Crippen LogP contribution >= 0.6 is 0 Å². The number of nitro groups is 1. The number of para-hydroxylation sites is 1. The molecule has 1 aromatic heterocycles. The van der Waals surface area contributed by atoms with Gasteiger partial charge in [-0.2, -0.15) is 0 Å². The predicted molar refractivity (Wildman–Crippen MR) is 98.7 cm³/mol. The highest BCUT2D eigenvalue weighted by atomic mass is 16.6. The van der Waals surface area contributed by atoms with Gasteiger partial charge in [0.1, 0.15) is 5.82 Å². The minimum Gasteiger partial charge on any atom is -0.307 e. The Balaban J connectivity index is 2.06. The van der Waals surface area contributed by atoms with E-state index >= 15 is 0 Å². The summed E-state index contributed by atoms with van der Waals surface area (Å²) in [5, 5.41) is 14.8. The van der Waals surface area contributed by atoms with E-state index in [2.05, 4.69) is 5.32 Å². The van der Waals surface area contributed by atoms with Gasteiger partial charge in [0.25, 0.3) is 11.2 Å². The Morgan fingerprint density at radius 3 is 2.77 bits per heavy atom. The van der Waals surface area contributed by atoms with Crippen LogP contribution in [-0.4, -0.2) is 21.0 Å². The number of nitro benzene ring substituents is 1. The number of hydrogen-bond acceptors (Lipinski definition) is 5. The van der Waals surface area contributed by atoms with Gasteiger partial charge in [0.05, 0.1) is 27.6 Å². The third-order valence-electron chi connectivity index (χ3n) is 4.82. The SMILES string of the molecule is Cc1ccccc1-n1c(C2CCCN2)nc2ccc([N+](=O)[O-])cc2c1=O. The Hall–Kier alpha value is -3.06. The molecule has 0 amide bonds. The van der Waals surface area contributed by atoms with Crippen LogP contribution in [0.1, 0.15) is 30.3 Å². The maximum atomic E-state index is 13.3. The van der Waals surface area contributed by atoms with Gasteiger partial charge in [-0.3, -0.25) is 19.5 Å². The molecule has 0 radical (unpaired) electrons. The molecule has 4 rings (SSSR count). The minimum atomic E-state index is -0.497. The summed E-state index contributed by atoms with van der Waals surface area (Å²) in [6.45, 7) is 2.82. The molecular weight excluding hydrogens is 332 g/mol. The second kappa shape index (κ2) is 6.34. The molecule has 1 aliphatic rings. The summed E-state index contributed by atoms with van der Waals surface area (Å²) >= 11 is 0. The zero-order chi connectivity index (χ0) is 18.3. The first-order valence-electron chi connectivity index (χ1n) is 8.57. The lowest BCUT2D eigenvalue weighted by Crippen LogP contribution is -2.29. The lowest BCUT2D eigenvalue weighted by molar-refractivity contribution is -0.384. The standard InChI is InChI=1S/C19H18N4O3/c1-12-5-2-3-7-17(12)22-18(16-6-4-10-20-16)21-15-9-8-13(23(25)26)11-14(15)19(22)24/h2-3,5,7-9,11,16,20H,4,6,10H2,1H3. The van der Waals surface area contributed by atoms with Crippen molar-refractivity contribution < 1.29 is 4.92 Å². The highest BCUT2D eigenvalue weighted by Crippen LogP contribution is 2.26. The van der Waals surface area contributed by atoms with Crippen LogP contribution in [0.25, 0.3) is 16.6 Å². The number of fused-ring (bicyclic) bond motifs is 1. The molecule has 0 spiro atoms. The predicted octanol–water partition coefficient (Wildman–Crippen LogP) is 3.03. The van der Waals surface area contributed by atoms with Crippen LogP contribution in [-0.2, 0) is 0 Å². The zero-order valence-corrected chi connectivity index (χ0v) is 14.3. The largest absolute Gasteiger partial charge is 0.307 e. The Labute approximate surface area is 149 Å². The molecule has 1 fully saturated rings. The third-order valence-corrected chi connectivity index (χ3v) is 4.82. The van der Waals surface area contributed by atoms with Crippen LogP contribution < -0.4 is 10.9 Å². The van der Waals surface area contributed by atoms with Gasteiger partial charge in [-0.15, -0.1) is 0 Å². The molecule has 0 bridgehead atoms. The fourth-order valence-corrected chi connectivity index (χ4v) is 3.49. The maximum Gasteiger partial charge on any atom is 0.270 e. The van der Waals surface area contributed by atoms with Crippen molar-refractivity contribution in [3.8, 4) is 5.69 Å². The van der Waals surface area contributed by atoms with Crippen molar-refractivity contribution in [3.05, 3.63) is 74.3 Å². The van der Waals surface area contributed by atoms with Crippen LogP contribution in [0.3, 0.4) is 0 Å². The molecule has 1 aliphatic heterocycles. The third kappa shape index (κ3) is 2.66. The van der Waals surface area contributed by atoms with E-state index in [4.69, 9.17) is 4.98 Å². The highest BCUT2D eigenvalue weighted by Gasteiger charge is 2.25. The van der Waals surface area contributed by atoms with Gasteiger partial charge in [-0.1, -0.05) is 18.2 Å². The van der Waals surface area contributed by atoms with Gasteiger partial charge in [0, 0.05) is 12.1 Å². The van der Waals surface area contributed by atoms with E-state index in [1.54, 1.807) is 10.6 Å². The fourth-order valence-electron chi connectivity index (χ4n) is 3.49. The first-order chi connectivity index (χ1) is 12.6. The normalized spacial score (nSPS) is 16.9. The van der Waals surface area contributed by atoms with Crippen molar-refractivity contribution in [2.24, 2.45) is 0 Å². The van der Waals surface area contributed by atoms with Crippen LogP contribution in [0.4, 0.5) is 5.69 Å². The summed E-state index contributed by atoms with van der Waals surface area (Å²) < 4.78 is 1.60. The summed E-state index contributed by atoms with van der Waals surface area (Å²) in [4.78, 5) is 28.6. The van der Waals surface area contributed by atoms with E-state index in [0.29, 0.717) is 11.3 Å². The molecule has 7 nitrogen and oxygen atoms in total. The smallest absolute Gasteiger partial charge is 0.270 e. The summed E-state index contributed by atoms with van der Waals surface area (Å²) in [7, 11) is 0. The molecule has 1 unspecified atom stereocenters. The fraction of sp³-hybridized carbons (Fsp3) is 0.263. The number of nitrogens with one attached hydrogen (secondary N) is 1. The Morgan fingerprint density at radius 1 is 1.27 bits per heavy atom. The van der Waals surface area contributed by atoms with Crippen LogP contribution in [0.15, 0.2) is 47.3 Å². The molecule has 0 aliphatic carbocycles. The molecule has 7 heteroatoms. The molecular formula is C19H18N4O3. The number of hydrogen-bond donors (Lipinski definition) is 1. The number of aryl methyl sites for hydroxylation is 1. The molecule has 132 valence electrons. The van der Waals surface area contributed by atoms with E-state index < -0.39 is 4.92 Å². The van der Waals surface area contributed by atoms with Crippen molar-refractivity contribution in [2.45, 2.75) is 25.8 Å².